The van der Waals surface area contributed by atoms with Gasteiger partial charge in [-0.3, -0.25) is 0 Å². The zero-order valence-electron chi connectivity index (χ0n) is 12.6. The predicted octanol–water partition coefficient (Wildman–Crippen LogP) is 2.77. The summed E-state index contributed by atoms with van der Waals surface area (Å²) in [5.41, 5.74) is 4.18. The van der Waals surface area contributed by atoms with Gasteiger partial charge in [-0.1, -0.05) is 0 Å². The third-order valence-corrected chi connectivity index (χ3v) is 4.56. The molecule has 1 aliphatic carbocycles. The lowest BCUT2D eigenvalue weighted by Crippen LogP contribution is -2.27. The van der Waals surface area contributed by atoms with Gasteiger partial charge in [0.25, 0.3) is 0 Å². The van der Waals surface area contributed by atoms with E-state index in [9.17, 15) is 5.11 Å². The molecule has 108 valence electrons. The van der Waals surface area contributed by atoms with E-state index in [2.05, 4.69) is 36.7 Å². The Bertz CT molecular complexity index is 403. The molecule has 0 spiro atoms. The zero-order chi connectivity index (χ0) is 13.8. The number of nitrogens with zero attached hydrogens (tertiary/aromatic N) is 1. The summed E-state index contributed by atoms with van der Waals surface area (Å²) >= 11 is 0. The third kappa shape index (κ3) is 3.61. The van der Waals surface area contributed by atoms with Gasteiger partial charge in [-0.05, 0) is 70.5 Å². The van der Waals surface area contributed by atoms with Crippen LogP contribution < -0.4 is 5.32 Å². The maximum Gasteiger partial charge on any atom is 0.0540 e. The van der Waals surface area contributed by atoms with Crippen LogP contribution in [0.4, 0.5) is 0 Å². The van der Waals surface area contributed by atoms with Crippen LogP contribution in [0.1, 0.15) is 49.6 Å². The molecule has 0 radical (unpaired) electrons. The van der Waals surface area contributed by atoms with E-state index in [1.54, 1.807) is 0 Å². The molecule has 3 nitrogen and oxygen atoms in total. The van der Waals surface area contributed by atoms with Gasteiger partial charge in [0, 0.05) is 24.5 Å². The molecule has 2 N–H and O–H groups in total. The van der Waals surface area contributed by atoms with Crippen LogP contribution in [0.3, 0.4) is 0 Å². The molecule has 1 fully saturated rings. The minimum Gasteiger partial charge on any atom is -0.393 e. The first-order valence-corrected chi connectivity index (χ1v) is 7.66. The van der Waals surface area contributed by atoms with E-state index in [1.807, 2.05) is 0 Å². The normalized spacial score (nSPS) is 23.8. The molecular formula is C16H28N2O. The summed E-state index contributed by atoms with van der Waals surface area (Å²) in [6, 6.07) is 2.30. The second-order valence-corrected chi connectivity index (χ2v) is 5.95. The first-order valence-electron chi connectivity index (χ1n) is 7.66. The number of rotatable bonds is 5. The first-order chi connectivity index (χ1) is 9.11. The lowest BCUT2D eigenvalue weighted by Gasteiger charge is -2.25. The molecule has 1 saturated carbocycles. The molecule has 0 bridgehead atoms. The van der Waals surface area contributed by atoms with Gasteiger partial charge >= 0.3 is 0 Å². The second-order valence-electron chi connectivity index (χ2n) is 5.95. The summed E-state index contributed by atoms with van der Waals surface area (Å²) in [7, 11) is 0. The Hall–Kier alpha value is -0.800. The minimum atomic E-state index is -0.0419. The molecule has 1 aromatic heterocycles. The topological polar surface area (TPSA) is 37.2 Å². The summed E-state index contributed by atoms with van der Waals surface area (Å²) in [6.07, 6.45) is 4.26. The third-order valence-electron chi connectivity index (χ3n) is 4.56. The molecule has 0 aliphatic heterocycles. The standard InChI is InChI=1S/C16H28N2O/c1-4-18-12(2)9-15(13(18)3)11-17-10-14-5-7-16(19)8-6-14/h9,14,16-17,19H,4-8,10-11H2,1-3H3. The summed E-state index contributed by atoms with van der Waals surface area (Å²) in [4.78, 5) is 0. The monoisotopic (exact) mass is 264 g/mol. The van der Waals surface area contributed by atoms with E-state index in [1.165, 1.54) is 29.8 Å². The van der Waals surface area contributed by atoms with Gasteiger partial charge in [0.15, 0.2) is 0 Å². The van der Waals surface area contributed by atoms with Gasteiger partial charge in [-0.2, -0.15) is 0 Å². The van der Waals surface area contributed by atoms with E-state index in [0.717, 1.165) is 38.4 Å². The fourth-order valence-electron chi connectivity index (χ4n) is 3.30. The maximum absolute atomic E-state index is 9.50. The smallest absolute Gasteiger partial charge is 0.0540 e. The average molecular weight is 264 g/mol. The van der Waals surface area contributed by atoms with Crippen molar-refractivity contribution >= 4 is 0 Å². The molecule has 0 aromatic carbocycles. The van der Waals surface area contributed by atoms with Crippen LogP contribution in [-0.2, 0) is 13.1 Å². The van der Waals surface area contributed by atoms with Gasteiger partial charge in [-0.25, -0.2) is 0 Å². The highest BCUT2D eigenvalue weighted by atomic mass is 16.3. The molecule has 3 heteroatoms. The second kappa shape index (κ2) is 6.58. The van der Waals surface area contributed by atoms with Crippen molar-refractivity contribution in [3.8, 4) is 0 Å². The summed E-state index contributed by atoms with van der Waals surface area (Å²) in [6.45, 7) is 9.71. The molecule has 0 saturated heterocycles. The van der Waals surface area contributed by atoms with E-state index in [-0.39, 0.29) is 6.10 Å². The molecular weight excluding hydrogens is 236 g/mol. The van der Waals surface area contributed by atoms with Crippen molar-refractivity contribution in [1.82, 2.24) is 9.88 Å². The fourth-order valence-corrected chi connectivity index (χ4v) is 3.30. The predicted molar refractivity (Wildman–Crippen MR) is 79.3 cm³/mol. The molecule has 0 unspecified atom stereocenters. The van der Waals surface area contributed by atoms with Crippen molar-refractivity contribution in [3.63, 3.8) is 0 Å². The molecule has 2 rings (SSSR count). The van der Waals surface area contributed by atoms with Gasteiger partial charge < -0.3 is 15.0 Å². The molecule has 1 aromatic rings. The van der Waals surface area contributed by atoms with Crippen molar-refractivity contribution in [2.24, 2.45) is 5.92 Å². The minimum absolute atomic E-state index is 0.0419. The van der Waals surface area contributed by atoms with Crippen LogP contribution in [0.2, 0.25) is 0 Å². The Labute approximate surface area is 117 Å². The number of aryl methyl sites for hydroxylation is 1. The van der Waals surface area contributed by atoms with Crippen LogP contribution in [0.15, 0.2) is 6.07 Å². The van der Waals surface area contributed by atoms with Gasteiger partial charge in [0.2, 0.25) is 0 Å². The number of hydrogen-bond acceptors (Lipinski definition) is 2. The van der Waals surface area contributed by atoms with Crippen LogP contribution in [0, 0.1) is 19.8 Å². The van der Waals surface area contributed by atoms with Gasteiger partial charge in [0.05, 0.1) is 6.10 Å². The maximum atomic E-state index is 9.50. The quantitative estimate of drug-likeness (QED) is 0.858. The van der Waals surface area contributed by atoms with E-state index >= 15 is 0 Å². The van der Waals surface area contributed by atoms with Crippen molar-refractivity contribution in [2.75, 3.05) is 6.54 Å². The Morgan fingerprint density at radius 1 is 1.26 bits per heavy atom. The highest BCUT2D eigenvalue weighted by Crippen LogP contribution is 2.23. The number of nitrogens with one attached hydrogen (secondary N) is 1. The largest absolute Gasteiger partial charge is 0.393 e. The molecule has 0 atom stereocenters. The van der Waals surface area contributed by atoms with Crippen LogP contribution >= 0.6 is 0 Å². The molecule has 1 aliphatic rings. The summed E-state index contributed by atoms with van der Waals surface area (Å²) in [5.74, 6) is 0.748. The number of aromatic nitrogens is 1. The van der Waals surface area contributed by atoms with Crippen molar-refractivity contribution in [1.29, 1.82) is 0 Å². The molecule has 19 heavy (non-hydrogen) atoms. The molecule has 1 heterocycles. The van der Waals surface area contributed by atoms with E-state index in [4.69, 9.17) is 0 Å². The number of hydrogen-bond donors (Lipinski definition) is 2. The Balaban J connectivity index is 1.79. The number of aliphatic hydroxyl groups is 1. The zero-order valence-corrected chi connectivity index (χ0v) is 12.6. The van der Waals surface area contributed by atoms with Crippen molar-refractivity contribution in [2.45, 2.75) is 65.6 Å². The van der Waals surface area contributed by atoms with Crippen molar-refractivity contribution < 1.29 is 5.11 Å². The van der Waals surface area contributed by atoms with Crippen LogP contribution in [-0.4, -0.2) is 22.3 Å². The average Bonchev–Trinajstić information content (AvgIpc) is 2.66. The Morgan fingerprint density at radius 2 is 1.95 bits per heavy atom. The summed E-state index contributed by atoms with van der Waals surface area (Å²) in [5, 5.41) is 13.1. The molecule has 0 amide bonds. The fraction of sp³-hybridized carbons (Fsp3) is 0.750. The summed E-state index contributed by atoms with van der Waals surface area (Å²) < 4.78 is 2.37. The highest BCUT2D eigenvalue weighted by molar-refractivity contribution is 5.26. The van der Waals surface area contributed by atoms with E-state index < -0.39 is 0 Å². The van der Waals surface area contributed by atoms with Crippen LogP contribution in [0.5, 0.6) is 0 Å². The lowest BCUT2D eigenvalue weighted by atomic mass is 9.87. The first kappa shape index (κ1) is 14.6. The van der Waals surface area contributed by atoms with Crippen molar-refractivity contribution in [3.05, 3.63) is 23.0 Å². The van der Waals surface area contributed by atoms with E-state index in [0.29, 0.717) is 0 Å². The highest BCUT2D eigenvalue weighted by Gasteiger charge is 2.19. The van der Waals surface area contributed by atoms with Crippen LogP contribution in [0.25, 0.3) is 0 Å². The Kier molecular flexibility index (Phi) is 5.06. The van der Waals surface area contributed by atoms with Gasteiger partial charge in [0.1, 0.15) is 0 Å². The Morgan fingerprint density at radius 3 is 2.53 bits per heavy atom. The van der Waals surface area contributed by atoms with Gasteiger partial charge in [-0.15, -0.1) is 0 Å². The number of aliphatic hydroxyl groups excluding tert-OH is 1. The SMILES string of the molecule is CCn1c(C)cc(CNCC2CCC(O)CC2)c1C. The lowest BCUT2D eigenvalue weighted by molar-refractivity contribution is 0.108.